The number of ether oxygens (including phenoxy) is 1. The monoisotopic (exact) mass is 132 g/mol. The third-order valence-corrected chi connectivity index (χ3v) is 1.69. The first-order chi connectivity index (χ1) is 4.97. The van der Waals surface area contributed by atoms with Crippen LogP contribution in [0.2, 0.25) is 0 Å². The molecule has 0 unspecified atom stereocenters. The zero-order chi connectivity index (χ0) is 6.81. The van der Waals surface area contributed by atoms with Crippen LogP contribution in [-0.2, 0) is 11.2 Å². The standard InChI is InChI=1S/C9H8O/c1-2-4-9-7-10-6-5-8(9)3-1/h2-4,7H,5-6H2. The lowest BCUT2D eigenvalue weighted by Crippen LogP contribution is -2.06. The lowest BCUT2D eigenvalue weighted by molar-refractivity contribution is 0.203. The van der Waals surface area contributed by atoms with E-state index in [1.807, 2.05) is 24.8 Å². The van der Waals surface area contributed by atoms with Crippen LogP contribution in [0.5, 0.6) is 0 Å². The second kappa shape index (κ2) is 2.43. The van der Waals surface area contributed by atoms with Crippen LogP contribution in [0.4, 0.5) is 0 Å². The van der Waals surface area contributed by atoms with Crippen molar-refractivity contribution in [2.45, 2.75) is 6.42 Å². The number of hydrogen-bond acceptors (Lipinski definition) is 1. The van der Waals surface area contributed by atoms with E-state index in [4.69, 9.17) is 4.74 Å². The van der Waals surface area contributed by atoms with Gasteiger partial charge in [0.2, 0.25) is 0 Å². The average Bonchev–Trinajstić information content (AvgIpc) is 2.05. The maximum absolute atomic E-state index is 5.16. The van der Waals surface area contributed by atoms with E-state index in [0.717, 1.165) is 13.0 Å². The zero-order valence-corrected chi connectivity index (χ0v) is 5.63. The van der Waals surface area contributed by atoms with Crippen LogP contribution < -0.4 is 0 Å². The lowest BCUT2D eigenvalue weighted by atomic mass is 10.0. The average molecular weight is 132 g/mol. The molecule has 1 heterocycles. The molecule has 0 N–H and O–H groups in total. The van der Waals surface area contributed by atoms with Crippen molar-refractivity contribution in [2.75, 3.05) is 6.61 Å². The minimum Gasteiger partial charge on any atom is -0.370 e. The highest BCUT2D eigenvalue weighted by molar-refractivity contribution is 5.32. The van der Waals surface area contributed by atoms with E-state index in [0.29, 0.717) is 0 Å². The minimum absolute atomic E-state index is 0.810. The van der Waals surface area contributed by atoms with Crippen molar-refractivity contribution < 1.29 is 4.74 Å². The van der Waals surface area contributed by atoms with E-state index >= 15 is 0 Å². The normalized spacial score (nSPS) is 16.4. The summed E-state index contributed by atoms with van der Waals surface area (Å²) >= 11 is 0. The zero-order valence-electron chi connectivity index (χ0n) is 5.63. The predicted molar refractivity (Wildman–Crippen MR) is 38.3 cm³/mol. The van der Waals surface area contributed by atoms with E-state index in [1.165, 1.54) is 11.1 Å². The number of fused-ring (bicyclic) bond motifs is 1. The van der Waals surface area contributed by atoms with E-state index < -0.39 is 0 Å². The molecule has 0 fully saturated rings. The highest BCUT2D eigenvalue weighted by atomic mass is 16.5. The van der Waals surface area contributed by atoms with Crippen LogP contribution in [0, 0.1) is 12.7 Å². The first kappa shape index (κ1) is 5.93. The van der Waals surface area contributed by atoms with Gasteiger partial charge in [-0.1, -0.05) is 18.2 Å². The molecular weight excluding hydrogens is 124 g/mol. The summed E-state index contributed by atoms with van der Waals surface area (Å²) in [7, 11) is 0. The third-order valence-electron chi connectivity index (χ3n) is 1.69. The molecule has 50 valence electrons. The van der Waals surface area contributed by atoms with Crippen molar-refractivity contribution in [2.24, 2.45) is 0 Å². The van der Waals surface area contributed by atoms with Crippen molar-refractivity contribution in [1.82, 2.24) is 0 Å². The Hall–Kier alpha value is -0.820. The van der Waals surface area contributed by atoms with Gasteiger partial charge < -0.3 is 4.74 Å². The van der Waals surface area contributed by atoms with Crippen LogP contribution in [0.15, 0.2) is 18.2 Å². The molecule has 0 aromatic heterocycles. The summed E-state index contributed by atoms with van der Waals surface area (Å²) in [5.41, 5.74) is 2.54. The fourth-order valence-electron chi connectivity index (χ4n) is 1.13. The van der Waals surface area contributed by atoms with Gasteiger partial charge in [-0.2, -0.15) is 0 Å². The van der Waals surface area contributed by atoms with Crippen LogP contribution in [0.3, 0.4) is 0 Å². The molecule has 0 aliphatic carbocycles. The molecule has 0 spiro atoms. The topological polar surface area (TPSA) is 9.23 Å². The fourth-order valence-corrected chi connectivity index (χ4v) is 1.13. The molecule has 1 nitrogen and oxygen atoms in total. The van der Waals surface area contributed by atoms with Crippen LogP contribution in [0.25, 0.3) is 0 Å². The summed E-state index contributed by atoms with van der Waals surface area (Å²) in [6.07, 6.45) is 1.02. The van der Waals surface area contributed by atoms with Gasteiger partial charge in [0.15, 0.2) is 0 Å². The Bertz CT molecular complexity index is 205. The number of hydrogen-bond donors (Lipinski definition) is 0. The molecule has 1 aromatic carbocycles. The van der Waals surface area contributed by atoms with Crippen LogP contribution in [0.1, 0.15) is 11.1 Å². The summed E-state index contributed by atoms with van der Waals surface area (Å²) in [4.78, 5) is 0. The van der Waals surface area contributed by atoms with Gasteiger partial charge in [0.1, 0.15) is 6.61 Å². The minimum atomic E-state index is 0.810. The summed E-state index contributed by atoms with van der Waals surface area (Å²) in [6.45, 7) is 2.62. The highest BCUT2D eigenvalue weighted by Crippen LogP contribution is 2.16. The Morgan fingerprint density at radius 3 is 3.40 bits per heavy atom. The Labute approximate surface area is 60.6 Å². The maximum Gasteiger partial charge on any atom is 0.113 e. The van der Waals surface area contributed by atoms with Gasteiger partial charge in [0, 0.05) is 0 Å². The molecule has 0 bridgehead atoms. The molecule has 0 atom stereocenters. The van der Waals surface area contributed by atoms with Crippen molar-refractivity contribution in [3.8, 4) is 0 Å². The second-order valence-corrected chi connectivity index (χ2v) is 2.36. The molecule has 1 aromatic rings. The molecule has 0 amide bonds. The Kier molecular flexibility index (Phi) is 1.44. The highest BCUT2D eigenvalue weighted by Gasteiger charge is 2.07. The largest absolute Gasteiger partial charge is 0.370 e. The van der Waals surface area contributed by atoms with Gasteiger partial charge in [-0.3, -0.25) is 0 Å². The van der Waals surface area contributed by atoms with Crippen molar-refractivity contribution in [3.05, 3.63) is 42.0 Å². The van der Waals surface area contributed by atoms with E-state index in [1.54, 1.807) is 0 Å². The lowest BCUT2D eigenvalue weighted by Gasteiger charge is -2.14. The van der Waals surface area contributed by atoms with Gasteiger partial charge in [-0.15, -0.1) is 0 Å². The van der Waals surface area contributed by atoms with Crippen LogP contribution >= 0.6 is 0 Å². The Morgan fingerprint density at radius 1 is 1.50 bits per heavy atom. The van der Waals surface area contributed by atoms with E-state index in [-0.39, 0.29) is 0 Å². The van der Waals surface area contributed by atoms with Gasteiger partial charge in [-0.05, 0) is 23.6 Å². The van der Waals surface area contributed by atoms with Crippen LogP contribution in [-0.4, -0.2) is 6.61 Å². The van der Waals surface area contributed by atoms with Crippen molar-refractivity contribution >= 4 is 0 Å². The first-order valence-electron chi connectivity index (χ1n) is 3.40. The summed E-state index contributed by atoms with van der Waals surface area (Å²) in [6, 6.07) is 9.00. The quantitative estimate of drug-likeness (QED) is 0.520. The summed E-state index contributed by atoms with van der Waals surface area (Å²) < 4.78 is 5.16. The Balaban J connectivity index is 2.41. The molecule has 1 aliphatic rings. The first-order valence-corrected chi connectivity index (χ1v) is 3.40. The molecule has 0 saturated carbocycles. The maximum atomic E-state index is 5.16. The van der Waals surface area contributed by atoms with Gasteiger partial charge in [-0.25, -0.2) is 0 Å². The van der Waals surface area contributed by atoms with E-state index in [9.17, 15) is 0 Å². The molecular formula is C9H8O. The molecule has 1 aliphatic heterocycles. The second-order valence-electron chi connectivity index (χ2n) is 2.36. The molecule has 0 saturated heterocycles. The predicted octanol–water partition coefficient (Wildman–Crippen LogP) is 1.57. The summed E-state index contributed by atoms with van der Waals surface area (Å²) in [5.74, 6) is 0. The van der Waals surface area contributed by atoms with Crippen molar-refractivity contribution in [1.29, 1.82) is 0 Å². The number of rotatable bonds is 0. The summed E-state index contributed by atoms with van der Waals surface area (Å²) in [5, 5.41) is 0. The molecule has 10 heavy (non-hydrogen) atoms. The molecule has 2 rings (SSSR count). The Morgan fingerprint density at radius 2 is 2.50 bits per heavy atom. The van der Waals surface area contributed by atoms with Gasteiger partial charge in [0.05, 0.1) is 6.61 Å². The van der Waals surface area contributed by atoms with Gasteiger partial charge >= 0.3 is 0 Å². The van der Waals surface area contributed by atoms with Crippen molar-refractivity contribution in [3.63, 3.8) is 0 Å². The van der Waals surface area contributed by atoms with Gasteiger partial charge in [0.25, 0.3) is 0 Å². The smallest absolute Gasteiger partial charge is 0.113 e. The SMILES string of the molecule is [c]1ccc2c(c1)CCO[CH]2. The third kappa shape index (κ3) is 0.929. The number of benzene rings is 1. The van der Waals surface area contributed by atoms with E-state index in [2.05, 4.69) is 6.07 Å². The molecule has 2 radical (unpaired) electrons. The fraction of sp³-hybridized carbons (Fsp3) is 0.222. The molecule has 1 heteroatoms.